The third-order valence-corrected chi connectivity index (χ3v) is 12.0. The van der Waals surface area contributed by atoms with Crippen LogP contribution in [0.2, 0.25) is 0 Å². The Balaban J connectivity index is 4.52. The van der Waals surface area contributed by atoms with Gasteiger partial charge in [0.15, 0.2) is 6.10 Å². The summed E-state index contributed by atoms with van der Waals surface area (Å²) in [6.07, 6.45) is 101. The Morgan fingerprint density at radius 3 is 0.825 bits per heavy atom. The van der Waals surface area contributed by atoms with Gasteiger partial charge in [0, 0.05) is 19.3 Å². The van der Waals surface area contributed by atoms with E-state index in [2.05, 4.69) is 227 Å². The largest absolute Gasteiger partial charge is 0.462 e. The Labute approximate surface area is 489 Å². The maximum Gasteiger partial charge on any atom is 0.306 e. The van der Waals surface area contributed by atoms with Crippen molar-refractivity contribution < 1.29 is 28.6 Å². The summed E-state index contributed by atoms with van der Waals surface area (Å²) in [5.41, 5.74) is 0. The highest BCUT2D eigenvalue weighted by molar-refractivity contribution is 5.71. The first-order chi connectivity index (χ1) is 39.5. The van der Waals surface area contributed by atoms with Crippen LogP contribution in [-0.4, -0.2) is 37.2 Å². The number of hydrogen-bond donors (Lipinski definition) is 0. The summed E-state index contributed by atoms with van der Waals surface area (Å²) < 4.78 is 16.7. The summed E-state index contributed by atoms with van der Waals surface area (Å²) in [6.45, 7) is 6.22. The van der Waals surface area contributed by atoms with Crippen LogP contribution in [0.5, 0.6) is 0 Å². The van der Waals surface area contributed by atoms with Crippen molar-refractivity contribution >= 4 is 17.9 Å². The molecule has 1 unspecified atom stereocenters. The van der Waals surface area contributed by atoms with Gasteiger partial charge in [0.05, 0.1) is 0 Å². The SMILES string of the molecule is CC/C=C\C/C=C\C/C=C\C/C=C\C/C=C\C/C=C\C/C=C\C/C=C\C/C=C\CCCC(=O)OCC(COC(=O)CCCCCCC/C=C\CCC)OC(=O)CCC/C=C\C/C=C\C/C=C\C/C=C\C/C=C\C/C=C\C/C=C\CC. The van der Waals surface area contributed by atoms with E-state index in [0.29, 0.717) is 19.3 Å². The number of ether oxygens (including phenoxy) is 3. The van der Waals surface area contributed by atoms with E-state index in [1.807, 2.05) is 0 Å². The molecular formula is C74H110O6. The Kier molecular flexibility index (Phi) is 60.6. The maximum absolute atomic E-state index is 12.9. The molecule has 0 saturated heterocycles. The molecule has 0 fully saturated rings. The molecule has 6 nitrogen and oxygen atoms in total. The van der Waals surface area contributed by atoms with Crippen LogP contribution in [0.25, 0.3) is 0 Å². The molecule has 1 atom stereocenters. The van der Waals surface area contributed by atoms with Gasteiger partial charge in [0.1, 0.15) is 13.2 Å². The van der Waals surface area contributed by atoms with E-state index in [-0.39, 0.29) is 38.0 Å². The van der Waals surface area contributed by atoms with Crippen LogP contribution in [0.4, 0.5) is 0 Å². The minimum atomic E-state index is -0.849. The lowest BCUT2D eigenvalue weighted by Crippen LogP contribution is -2.30. The van der Waals surface area contributed by atoms with Crippen LogP contribution in [0, 0.1) is 0 Å². The second-order valence-electron chi connectivity index (χ2n) is 19.5. The Bertz CT molecular complexity index is 1980. The zero-order chi connectivity index (χ0) is 57.8. The molecule has 0 rings (SSSR count). The lowest BCUT2D eigenvalue weighted by atomic mass is 10.1. The monoisotopic (exact) mass is 1090 g/mol. The molecule has 0 radical (unpaired) electrons. The lowest BCUT2D eigenvalue weighted by molar-refractivity contribution is -0.167. The van der Waals surface area contributed by atoms with Gasteiger partial charge < -0.3 is 14.2 Å². The van der Waals surface area contributed by atoms with Gasteiger partial charge in [0.2, 0.25) is 0 Å². The fraction of sp³-hybridized carbons (Fsp3) is 0.500. The number of allylic oxidation sites excluding steroid dienone is 34. The van der Waals surface area contributed by atoms with Crippen LogP contribution < -0.4 is 0 Å². The first kappa shape index (κ1) is 74.0. The number of hydrogen-bond acceptors (Lipinski definition) is 6. The van der Waals surface area contributed by atoms with Crippen LogP contribution in [0.1, 0.15) is 220 Å². The van der Waals surface area contributed by atoms with Crippen molar-refractivity contribution in [2.75, 3.05) is 13.2 Å². The second kappa shape index (κ2) is 65.5. The van der Waals surface area contributed by atoms with Crippen molar-refractivity contribution in [1.82, 2.24) is 0 Å². The maximum atomic E-state index is 12.9. The zero-order valence-corrected chi connectivity index (χ0v) is 50.5. The number of carbonyl (C=O) groups is 3. The Morgan fingerprint density at radius 1 is 0.263 bits per heavy atom. The summed E-state index contributed by atoms with van der Waals surface area (Å²) in [7, 11) is 0. The average Bonchev–Trinajstić information content (AvgIpc) is 3.46. The number of carbonyl (C=O) groups excluding carboxylic acids is 3. The van der Waals surface area contributed by atoms with Crippen molar-refractivity contribution in [3.63, 3.8) is 0 Å². The predicted molar refractivity (Wildman–Crippen MR) is 347 cm³/mol. The van der Waals surface area contributed by atoms with E-state index < -0.39 is 12.1 Å². The van der Waals surface area contributed by atoms with Gasteiger partial charge in [-0.3, -0.25) is 14.4 Å². The van der Waals surface area contributed by atoms with E-state index in [1.54, 1.807) is 0 Å². The van der Waals surface area contributed by atoms with Crippen molar-refractivity contribution in [2.24, 2.45) is 0 Å². The highest BCUT2D eigenvalue weighted by atomic mass is 16.6. The lowest BCUT2D eigenvalue weighted by Gasteiger charge is -2.18. The smallest absolute Gasteiger partial charge is 0.306 e. The van der Waals surface area contributed by atoms with E-state index in [4.69, 9.17) is 14.2 Å². The summed E-state index contributed by atoms with van der Waals surface area (Å²) >= 11 is 0. The quantitative estimate of drug-likeness (QED) is 0.0261. The third kappa shape index (κ3) is 62.8. The minimum absolute atomic E-state index is 0.136. The molecule has 80 heavy (non-hydrogen) atoms. The third-order valence-electron chi connectivity index (χ3n) is 12.0. The molecule has 0 aromatic carbocycles. The van der Waals surface area contributed by atoms with Crippen LogP contribution >= 0.6 is 0 Å². The van der Waals surface area contributed by atoms with Gasteiger partial charge in [-0.25, -0.2) is 0 Å². The van der Waals surface area contributed by atoms with Crippen LogP contribution in [0.3, 0.4) is 0 Å². The summed E-state index contributed by atoms with van der Waals surface area (Å²) in [6, 6.07) is 0. The van der Waals surface area contributed by atoms with Gasteiger partial charge in [-0.15, -0.1) is 0 Å². The fourth-order valence-corrected chi connectivity index (χ4v) is 7.43. The van der Waals surface area contributed by atoms with E-state index in [0.717, 1.165) is 161 Å². The second-order valence-corrected chi connectivity index (χ2v) is 19.5. The molecule has 0 amide bonds. The molecule has 0 heterocycles. The van der Waals surface area contributed by atoms with E-state index >= 15 is 0 Å². The highest BCUT2D eigenvalue weighted by Gasteiger charge is 2.19. The highest BCUT2D eigenvalue weighted by Crippen LogP contribution is 2.11. The van der Waals surface area contributed by atoms with Gasteiger partial charge in [0.25, 0.3) is 0 Å². The average molecular weight is 1100 g/mol. The topological polar surface area (TPSA) is 78.9 Å². The molecule has 0 bridgehead atoms. The summed E-state index contributed by atoms with van der Waals surface area (Å²) in [4.78, 5) is 38.1. The normalized spacial score (nSPS) is 13.6. The van der Waals surface area contributed by atoms with Gasteiger partial charge in [-0.2, -0.15) is 0 Å². The standard InChI is InChI=1S/C74H110O6/c1-4-7-10-13-16-19-22-24-26-28-30-32-34-35-36-37-38-39-41-42-44-46-48-50-52-55-58-61-64-67-73(76)79-70-71(69-78-72(75)66-63-60-57-54-21-18-15-12-9-6-3)80-74(77)68-65-62-59-56-53-51-49-47-45-43-40-33-31-29-27-25-23-20-17-14-11-8-5-2/h7-8,10-12,15-17,19-20,24-27,30-33,35-36,38-39,42-45,48-51,55-56,58-59,71H,4-6,9,13-14,18,21-23,28-29,34,37,40-41,46-47,52-54,57,60-70H2,1-3H3/b10-7-,11-8-,15-12-,19-16-,20-17-,26-24-,27-25-,32-30-,33-31-,36-35-,39-38-,44-42-,45-43-,50-48-,51-49-,58-55-,59-56-. The van der Waals surface area contributed by atoms with E-state index in [1.165, 1.54) is 6.42 Å². The van der Waals surface area contributed by atoms with Gasteiger partial charge in [-0.1, -0.05) is 253 Å². The van der Waals surface area contributed by atoms with E-state index in [9.17, 15) is 14.4 Å². The van der Waals surface area contributed by atoms with Crippen molar-refractivity contribution in [1.29, 1.82) is 0 Å². The first-order valence-electron chi connectivity index (χ1n) is 31.1. The van der Waals surface area contributed by atoms with Gasteiger partial charge in [-0.05, 0) is 154 Å². The molecule has 0 aliphatic heterocycles. The predicted octanol–water partition coefficient (Wildman–Crippen LogP) is 21.6. The molecule has 0 spiro atoms. The summed E-state index contributed by atoms with van der Waals surface area (Å²) in [5.74, 6) is -1.08. The molecule has 0 aliphatic rings. The van der Waals surface area contributed by atoms with Crippen LogP contribution in [0.15, 0.2) is 207 Å². The molecule has 0 aromatic heterocycles. The fourth-order valence-electron chi connectivity index (χ4n) is 7.43. The molecule has 6 heteroatoms. The first-order valence-corrected chi connectivity index (χ1v) is 31.1. The minimum Gasteiger partial charge on any atom is -0.462 e. The summed E-state index contributed by atoms with van der Waals surface area (Å²) in [5, 5.41) is 0. The number of esters is 3. The number of unbranched alkanes of at least 4 members (excludes halogenated alkanes) is 8. The molecular weight excluding hydrogens is 985 g/mol. The molecule has 0 N–H and O–H groups in total. The van der Waals surface area contributed by atoms with Crippen LogP contribution in [-0.2, 0) is 28.6 Å². The van der Waals surface area contributed by atoms with Gasteiger partial charge >= 0.3 is 17.9 Å². The molecule has 0 saturated carbocycles. The molecule has 0 aromatic rings. The van der Waals surface area contributed by atoms with Crippen molar-refractivity contribution in [3.8, 4) is 0 Å². The van der Waals surface area contributed by atoms with Crippen molar-refractivity contribution in [2.45, 2.75) is 226 Å². The Hall–Kier alpha value is -6.01. The number of rotatable bonds is 53. The Morgan fingerprint density at radius 2 is 0.500 bits per heavy atom. The zero-order valence-electron chi connectivity index (χ0n) is 50.5. The molecule has 0 aliphatic carbocycles. The van der Waals surface area contributed by atoms with Crippen molar-refractivity contribution in [3.05, 3.63) is 207 Å². The molecule has 442 valence electrons.